The number of nitrogens with one attached hydrogen (secondary N) is 2. The number of amides is 1. The van der Waals surface area contributed by atoms with Gasteiger partial charge in [-0.15, -0.1) is 0 Å². The van der Waals surface area contributed by atoms with Crippen LogP contribution >= 0.6 is 0 Å². The van der Waals surface area contributed by atoms with Gasteiger partial charge in [0, 0.05) is 41.3 Å². The highest BCUT2D eigenvalue weighted by Gasteiger charge is 2.37. The molecule has 2 aliphatic heterocycles. The molecule has 2 aliphatic rings. The highest BCUT2D eigenvalue weighted by atomic mass is 16.5. The van der Waals surface area contributed by atoms with Crippen LogP contribution in [0.25, 0.3) is 0 Å². The molecule has 192 valence electrons. The maximum Gasteiger partial charge on any atom is 0.271 e. The van der Waals surface area contributed by atoms with Crippen LogP contribution in [0.5, 0.6) is 11.5 Å². The number of likely N-dealkylation sites (tertiary alicyclic amines) is 1. The molecule has 3 aromatic rings. The van der Waals surface area contributed by atoms with Gasteiger partial charge < -0.3 is 18.9 Å². The molecule has 3 heterocycles. The molecule has 1 fully saturated rings. The second kappa shape index (κ2) is 11.0. The third kappa shape index (κ3) is 5.59. The van der Waals surface area contributed by atoms with Crippen molar-refractivity contribution in [3.05, 3.63) is 93.4 Å². The molecule has 2 N–H and O–H groups in total. The van der Waals surface area contributed by atoms with Crippen LogP contribution in [0.4, 0.5) is 0 Å². The highest BCUT2D eigenvalue weighted by molar-refractivity contribution is 5.95. The van der Waals surface area contributed by atoms with Crippen LogP contribution in [0.15, 0.2) is 70.6 Å². The zero-order valence-electron chi connectivity index (χ0n) is 21.3. The molecule has 2 bridgehead atoms. The third-order valence-electron chi connectivity index (χ3n) is 7.23. The number of hydrazone groups is 1. The summed E-state index contributed by atoms with van der Waals surface area (Å²) in [6.45, 7) is 6.23. The number of nitrogens with zero attached hydrogens (tertiary/aromatic N) is 2. The minimum Gasteiger partial charge on any atom is -0.497 e. The number of aromatic nitrogens is 1. The summed E-state index contributed by atoms with van der Waals surface area (Å²) in [6.07, 6.45) is 2.80. The van der Waals surface area contributed by atoms with Crippen molar-refractivity contribution < 1.29 is 19.2 Å². The van der Waals surface area contributed by atoms with E-state index in [2.05, 4.69) is 22.7 Å². The Kier molecular flexibility index (Phi) is 7.37. The van der Waals surface area contributed by atoms with E-state index in [-0.39, 0.29) is 11.5 Å². The quantitative estimate of drug-likeness (QED) is 0.366. The van der Waals surface area contributed by atoms with Gasteiger partial charge in [0.15, 0.2) is 0 Å². The van der Waals surface area contributed by atoms with Crippen LogP contribution in [0.2, 0.25) is 0 Å². The number of hydrogen-bond acceptors (Lipinski definition) is 5. The molecule has 1 aromatic heterocycles. The Hall–Kier alpha value is -3.91. The average Bonchev–Trinajstić information content (AvgIpc) is 2.91. The van der Waals surface area contributed by atoms with Gasteiger partial charge in [0.25, 0.3) is 11.5 Å². The van der Waals surface area contributed by atoms with Crippen LogP contribution in [-0.2, 0) is 13.1 Å². The first-order chi connectivity index (χ1) is 18.0. The first-order valence-corrected chi connectivity index (χ1v) is 12.8. The number of carbonyl (C=O) groups is 1. The SMILES string of the molecule is CCOc1ccc(C=NNC(=O)c2ccc(OC)cc2)cc1C[NH+]1CC2CC(C1)c1cccc(=O)n1C2. The number of pyridine rings is 1. The summed E-state index contributed by atoms with van der Waals surface area (Å²) in [4.78, 5) is 26.2. The van der Waals surface area contributed by atoms with Gasteiger partial charge in [0.1, 0.15) is 18.0 Å². The second-order valence-electron chi connectivity index (χ2n) is 9.76. The van der Waals surface area contributed by atoms with E-state index in [4.69, 9.17) is 9.47 Å². The molecule has 5 rings (SSSR count). The summed E-state index contributed by atoms with van der Waals surface area (Å²) >= 11 is 0. The fraction of sp³-hybridized carbons (Fsp3) is 0.345. The first-order valence-electron chi connectivity index (χ1n) is 12.8. The fourth-order valence-electron chi connectivity index (χ4n) is 5.62. The maximum atomic E-state index is 12.4. The van der Waals surface area contributed by atoms with Gasteiger partial charge in [-0.2, -0.15) is 5.10 Å². The molecule has 37 heavy (non-hydrogen) atoms. The van der Waals surface area contributed by atoms with Crippen molar-refractivity contribution in [3.8, 4) is 11.5 Å². The smallest absolute Gasteiger partial charge is 0.271 e. The Morgan fingerprint density at radius 3 is 2.78 bits per heavy atom. The van der Waals surface area contributed by atoms with Crippen LogP contribution in [-0.4, -0.2) is 43.5 Å². The number of benzene rings is 2. The summed E-state index contributed by atoms with van der Waals surface area (Å²) in [5.41, 5.74) is 6.39. The van der Waals surface area contributed by atoms with Gasteiger partial charge in [-0.3, -0.25) is 9.59 Å². The first kappa shape index (κ1) is 24.8. The van der Waals surface area contributed by atoms with Crippen molar-refractivity contribution in [1.82, 2.24) is 9.99 Å². The zero-order valence-corrected chi connectivity index (χ0v) is 21.3. The Morgan fingerprint density at radius 2 is 2.00 bits per heavy atom. The summed E-state index contributed by atoms with van der Waals surface area (Å²) in [5, 5.41) is 4.17. The third-order valence-corrected chi connectivity index (χ3v) is 7.23. The van der Waals surface area contributed by atoms with Crippen molar-refractivity contribution in [2.75, 3.05) is 26.8 Å². The number of fused-ring (bicyclic) bond motifs is 4. The standard InChI is InChI=1S/C29H32N4O4/c1-3-37-27-12-7-20(15-30-31-29(35)22-8-10-25(36-2)11-9-22)13-24(27)19-32-16-21-14-23(18-32)26-5-4-6-28(34)33(26)17-21/h4-13,15,21,23H,3,14,16-19H2,1-2H3,(H,31,35)/p+1. The zero-order chi connectivity index (χ0) is 25.8. The molecule has 0 aliphatic carbocycles. The Balaban J connectivity index is 1.28. The lowest BCUT2D eigenvalue weighted by Crippen LogP contribution is -3.13. The summed E-state index contributed by atoms with van der Waals surface area (Å²) in [6, 6.07) is 18.5. The number of quaternary nitrogens is 1. The van der Waals surface area contributed by atoms with E-state index in [1.807, 2.05) is 29.7 Å². The molecule has 3 unspecified atom stereocenters. The van der Waals surface area contributed by atoms with Crippen molar-refractivity contribution in [1.29, 1.82) is 0 Å². The average molecular weight is 502 g/mol. The topological polar surface area (TPSA) is 86.4 Å². The van der Waals surface area contributed by atoms with E-state index >= 15 is 0 Å². The van der Waals surface area contributed by atoms with Gasteiger partial charge in [-0.1, -0.05) is 6.07 Å². The molecule has 1 amide bonds. The molecule has 3 atom stereocenters. The van der Waals surface area contributed by atoms with E-state index < -0.39 is 0 Å². The number of methoxy groups -OCH3 is 1. The highest BCUT2D eigenvalue weighted by Crippen LogP contribution is 2.30. The van der Waals surface area contributed by atoms with Gasteiger partial charge in [0.2, 0.25) is 0 Å². The number of piperidine rings is 1. The number of hydrogen-bond donors (Lipinski definition) is 2. The van der Waals surface area contributed by atoms with Crippen molar-refractivity contribution in [3.63, 3.8) is 0 Å². The molecular weight excluding hydrogens is 468 g/mol. The molecular formula is C29H33N4O4+. The van der Waals surface area contributed by atoms with Crippen LogP contribution in [0.1, 0.15) is 46.4 Å². The summed E-state index contributed by atoms with van der Waals surface area (Å²) in [7, 11) is 1.59. The number of rotatable bonds is 8. The minimum atomic E-state index is -0.284. The fourth-order valence-corrected chi connectivity index (χ4v) is 5.62. The molecule has 0 spiro atoms. The lowest BCUT2D eigenvalue weighted by Gasteiger charge is -2.40. The Bertz CT molecular complexity index is 1350. The predicted octanol–water partition coefficient (Wildman–Crippen LogP) is 2.22. The minimum absolute atomic E-state index is 0.111. The van der Waals surface area contributed by atoms with Gasteiger partial charge >= 0.3 is 0 Å². The van der Waals surface area contributed by atoms with E-state index in [1.54, 1.807) is 43.7 Å². The van der Waals surface area contributed by atoms with Gasteiger partial charge in [-0.05, 0) is 67.4 Å². The van der Waals surface area contributed by atoms with E-state index in [0.29, 0.717) is 29.8 Å². The van der Waals surface area contributed by atoms with Crippen molar-refractivity contribution >= 4 is 12.1 Å². The maximum absolute atomic E-state index is 12.4. The van der Waals surface area contributed by atoms with E-state index in [0.717, 1.165) is 49.5 Å². The second-order valence-corrected chi connectivity index (χ2v) is 9.76. The lowest BCUT2D eigenvalue weighted by molar-refractivity contribution is -0.924. The van der Waals surface area contributed by atoms with Crippen LogP contribution in [0, 0.1) is 5.92 Å². The molecule has 8 nitrogen and oxygen atoms in total. The van der Waals surface area contributed by atoms with Crippen LogP contribution < -0.4 is 25.4 Å². The molecule has 2 aromatic carbocycles. The van der Waals surface area contributed by atoms with Gasteiger partial charge in [-0.25, -0.2) is 5.43 Å². The number of carbonyl (C=O) groups excluding carboxylic acids is 1. The largest absolute Gasteiger partial charge is 0.497 e. The number of ether oxygens (including phenoxy) is 2. The molecule has 0 saturated carbocycles. The summed E-state index contributed by atoms with van der Waals surface area (Å²) in [5.74, 6) is 2.18. The normalized spacial score (nSPS) is 20.3. The van der Waals surface area contributed by atoms with E-state index in [9.17, 15) is 9.59 Å². The van der Waals surface area contributed by atoms with Crippen LogP contribution in [0.3, 0.4) is 0 Å². The molecule has 1 saturated heterocycles. The Morgan fingerprint density at radius 1 is 1.16 bits per heavy atom. The monoisotopic (exact) mass is 501 g/mol. The Labute approximate surface area is 216 Å². The summed E-state index contributed by atoms with van der Waals surface area (Å²) < 4.78 is 13.0. The van der Waals surface area contributed by atoms with Crippen molar-refractivity contribution in [2.24, 2.45) is 11.0 Å². The predicted molar refractivity (Wildman–Crippen MR) is 142 cm³/mol. The van der Waals surface area contributed by atoms with E-state index in [1.165, 1.54) is 10.6 Å². The lowest BCUT2D eigenvalue weighted by atomic mass is 9.83. The molecule has 0 radical (unpaired) electrons. The van der Waals surface area contributed by atoms with Crippen molar-refractivity contribution in [2.45, 2.75) is 32.4 Å². The van der Waals surface area contributed by atoms with Gasteiger partial charge in [0.05, 0.1) is 33.0 Å². The molecule has 8 heteroatoms.